The first-order valence-electron chi connectivity index (χ1n) is 4.99. The van der Waals surface area contributed by atoms with Gasteiger partial charge >= 0.3 is 0 Å². The van der Waals surface area contributed by atoms with E-state index in [0.717, 1.165) is 0 Å². The van der Waals surface area contributed by atoms with Crippen molar-refractivity contribution in [2.75, 3.05) is 19.0 Å². The van der Waals surface area contributed by atoms with Crippen LogP contribution in [0.25, 0.3) is 0 Å². The molecule has 2 N–H and O–H groups in total. The van der Waals surface area contributed by atoms with Gasteiger partial charge in [0.25, 0.3) is 0 Å². The van der Waals surface area contributed by atoms with Gasteiger partial charge in [0.05, 0.1) is 0 Å². The molecule has 5 heteroatoms. The van der Waals surface area contributed by atoms with E-state index in [9.17, 15) is 9.59 Å². The Bertz CT molecular complexity index is 224. The average Bonchev–Trinajstić information content (AvgIpc) is 2.11. The molecular weight excluding hydrogens is 216 g/mol. The molecule has 0 rings (SSSR count). The summed E-state index contributed by atoms with van der Waals surface area (Å²) in [6.07, 6.45) is 0.314. The van der Waals surface area contributed by atoms with E-state index in [2.05, 4.69) is 10.6 Å². The van der Waals surface area contributed by atoms with Crippen molar-refractivity contribution in [2.24, 2.45) is 5.41 Å². The number of carbonyl (C=O) groups is 2. The standard InChI is InChI=1S/C10H19ClN2O2/c1-10(2,3)9(15)13-7-6-12-8(14)4-5-11/h4-7H2,1-3H3,(H,12,14)(H,13,15). The third kappa shape index (κ3) is 7.19. The molecule has 0 aromatic carbocycles. The summed E-state index contributed by atoms with van der Waals surface area (Å²) in [6, 6.07) is 0. The molecule has 2 amide bonds. The third-order valence-corrected chi connectivity index (χ3v) is 1.92. The van der Waals surface area contributed by atoms with Gasteiger partial charge in [-0.1, -0.05) is 20.8 Å². The molecule has 0 aromatic heterocycles. The van der Waals surface area contributed by atoms with Crippen molar-refractivity contribution in [3.63, 3.8) is 0 Å². The first-order valence-corrected chi connectivity index (χ1v) is 5.52. The fourth-order valence-electron chi connectivity index (χ4n) is 0.817. The fourth-order valence-corrected chi connectivity index (χ4v) is 0.989. The Labute approximate surface area is 95.7 Å². The molecule has 0 bridgehead atoms. The van der Waals surface area contributed by atoms with Crippen molar-refractivity contribution in [1.82, 2.24) is 10.6 Å². The van der Waals surface area contributed by atoms with E-state index in [1.54, 1.807) is 0 Å². The van der Waals surface area contributed by atoms with Crippen molar-refractivity contribution in [2.45, 2.75) is 27.2 Å². The van der Waals surface area contributed by atoms with Crippen LogP contribution >= 0.6 is 11.6 Å². The monoisotopic (exact) mass is 234 g/mol. The molecule has 0 spiro atoms. The van der Waals surface area contributed by atoms with Crippen LogP contribution in [0, 0.1) is 5.41 Å². The fraction of sp³-hybridized carbons (Fsp3) is 0.800. The second kappa shape index (κ2) is 6.67. The summed E-state index contributed by atoms with van der Waals surface area (Å²) < 4.78 is 0. The van der Waals surface area contributed by atoms with Gasteiger partial charge < -0.3 is 10.6 Å². The molecule has 4 nitrogen and oxygen atoms in total. The SMILES string of the molecule is CC(C)(C)C(=O)NCCNC(=O)CCCl. The van der Waals surface area contributed by atoms with E-state index >= 15 is 0 Å². The normalized spacial score (nSPS) is 10.9. The van der Waals surface area contributed by atoms with Gasteiger partial charge in [-0.15, -0.1) is 11.6 Å². The van der Waals surface area contributed by atoms with Crippen molar-refractivity contribution in [3.05, 3.63) is 0 Å². The van der Waals surface area contributed by atoms with Crippen molar-refractivity contribution in [3.8, 4) is 0 Å². The summed E-state index contributed by atoms with van der Waals surface area (Å²) in [7, 11) is 0. The second-order valence-electron chi connectivity index (χ2n) is 4.29. The van der Waals surface area contributed by atoms with E-state index < -0.39 is 0 Å². The van der Waals surface area contributed by atoms with E-state index in [4.69, 9.17) is 11.6 Å². The Hall–Kier alpha value is -0.770. The highest BCUT2D eigenvalue weighted by atomic mass is 35.5. The lowest BCUT2D eigenvalue weighted by molar-refractivity contribution is -0.128. The highest BCUT2D eigenvalue weighted by Gasteiger charge is 2.20. The predicted molar refractivity (Wildman–Crippen MR) is 60.8 cm³/mol. The largest absolute Gasteiger partial charge is 0.354 e. The zero-order chi connectivity index (χ0) is 11.9. The Morgan fingerprint density at radius 3 is 2.13 bits per heavy atom. The maximum atomic E-state index is 11.4. The number of rotatable bonds is 5. The zero-order valence-electron chi connectivity index (χ0n) is 9.52. The summed E-state index contributed by atoms with van der Waals surface area (Å²) in [6.45, 7) is 6.42. The summed E-state index contributed by atoms with van der Waals surface area (Å²) >= 11 is 5.39. The van der Waals surface area contributed by atoms with Crippen LogP contribution in [0.15, 0.2) is 0 Å². The Morgan fingerprint density at radius 1 is 1.13 bits per heavy atom. The third-order valence-electron chi connectivity index (χ3n) is 1.74. The molecule has 0 aliphatic rings. The maximum absolute atomic E-state index is 11.4. The molecule has 88 valence electrons. The van der Waals surface area contributed by atoms with Crippen LogP contribution in [0.4, 0.5) is 0 Å². The van der Waals surface area contributed by atoms with Crippen LogP contribution in [0.5, 0.6) is 0 Å². The van der Waals surface area contributed by atoms with E-state index in [1.807, 2.05) is 20.8 Å². The number of hydrogen-bond donors (Lipinski definition) is 2. The number of nitrogens with one attached hydrogen (secondary N) is 2. The lowest BCUT2D eigenvalue weighted by atomic mass is 9.96. The van der Waals surface area contributed by atoms with Crippen molar-refractivity contribution in [1.29, 1.82) is 0 Å². The van der Waals surface area contributed by atoms with Crippen molar-refractivity contribution < 1.29 is 9.59 Å². The lowest BCUT2D eigenvalue weighted by Gasteiger charge is -2.17. The molecule has 15 heavy (non-hydrogen) atoms. The summed E-state index contributed by atoms with van der Waals surface area (Å²) in [5.74, 6) is 0.212. The molecule has 0 saturated heterocycles. The topological polar surface area (TPSA) is 58.2 Å². The minimum atomic E-state index is -0.389. The Balaban J connectivity index is 3.55. The van der Waals surface area contributed by atoms with Gasteiger partial charge in [-0.2, -0.15) is 0 Å². The molecular formula is C10H19ClN2O2. The van der Waals surface area contributed by atoms with Crippen LogP contribution in [-0.4, -0.2) is 30.8 Å². The van der Waals surface area contributed by atoms with Crippen LogP contribution < -0.4 is 10.6 Å². The molecule has 0 aromatic rings. The van der Waals surface area contributed by atoms with Crippen LogP contribution in [0.3, 0.4) is 0 Å². The second-order valence-corrected chi connectivity index (χ2v) is 4.67. The van der Waals surface area contributed by atoms with Crippen molar-refractivity contribution >= 4 is 23.4 Å². The van der Waals surface area contributed by atoms with E-state index in [1.165, 1.54) is 0 Å². The van der Waals surface area contributed by atoms with Gasteiger partial charge in [0.2, 0.25) is 11.8 Å². The average molecular weight is 235 g/mol. The van der Waals surface area contributed by atoms with Gasteiger partial charge in [-0.05, 0) is 0 Å². The summed E-state index contributed by atoms with van der Waals surface area (Å²) in [5, 5.41) is 5.39. The minimum Gasteiger partial charge on any atom is -0.354 e. The van der Waals surface area contributed by atoms with E-state index in [-0.39, 0.29) is 17.2 Å². The molecule has 0 fully saturated rings. The molecule has 0 aliphatic carbocycles. The molecule has 0 saturated carbocycles. The molecule has 0 aliphatic heterocycles. The number of halogens is 1. The predicted octanol–water partition coefficient (Wildman–Crippen LogP) is 0.894. The highest BCUT2D eigenvalue weighted by Crippen LogP contribution is 2.11. The number of carbonyl (C=O) groups excluding carboxylic acids is 2. The maximum Gasteiger partial charge on any atom is 0.225 e. The van der Waals surface area contributed by atoms with Crippen LogP contribution in [0.1, 0.15) is 27.2 Å². The quantitative estimate of drug-likeness (QED) is 0.549. The lowest BCUT2D eigenvalue weighted by Crippen LogP contribution is -2.39. The van der Waals surface area contributed by atoms with Gasteiger partial charge in [0.1, 0.15) is 0 Å². The molecule has 0 atom stereocenters. The zero-order valence-corrected chi connectivity index (χ0v) is 10.3. The highest BCUT2D eigenvalue weighted by molar-refractivity contribution is 6.18. The minimum absolute atomic E-state index is 0.0194. The van der Waals surface area contributed by atoms with Gasteiger partial charge in [-0.25, -0.2) is 0 Å². The first-order chi connectivity index (χ1) is 6.88. The van der Waals surface area contributed by atoms with Gasteiger partial charge in [0, 0.05) is 30.8 Å². The molecule has 0 radical (unpaired) electrons. The summed E-state index contributed by atoms with van der Waals surface area (Å²) in [5.41, 5.74) is -0.389. The van der Waals surface area contributed by atoms with Gasteiger partial charge in [-0.3, -0.25) is 9.59 Å². The molecule has 0 heterocycles. The molecule has 0 unspecified atom stereocenters. The van der Waals surface area contributed by atoms with Crippen LogP contribution in [-0.2, 0) is 9.59 Å². The first kappa shape index (κ1) is 14.2. The number of amides is 2. The smallest absolute Gasteiger partial charge is 0.225 e. The van der Waals surface area contributed by atoms with E-state index in [0.29, 0.717) is 25.4 Å². The summed E-state index contributed by atoms with van der Waals surface area (Å²) in [4.78, 5) is 22.4. The van der Waals surface area contributed by atoms with Gasteiger partial charge in [0.15, 0.2) is 0 Å². The number of alkyl halides is 1. The Kier molecular flexibility index (Phi) is 6.32. The number of hydrogen-bond acceptors (Lipinski definition) is 2. The Morgan fingerprint density at radius 2 is 1.67 bits per heavy atom. The van der Waals surface area contributed by atoms with Crippen LogP contribution in [0.2, 0.25) is 0 Å².